The molecule has 1 N–H and O–H groups in total. The van der Waals surface area contributed by atoms with Gasteiger partial charge in [0.15, 0.2) is 0 Å². The van der Waals surface area contributed by atoms with E-state index < -0.39 is 0 Å². The van der Waals surface area contributed by atoms with Crippen molar-refractivity contribution in [1.82, 2.24) is 14.8 Å². The number of aromatic nitrogens is 1. The zero-order chi connectivity index (χ0) is 14.4. The summed E-state index contributed by atoms with van der Waals surface area (Å²) < 4.78 is 0. The molecule has 2 amide bonds. The second kappa shape index (κ2) is 6.72. The highest BCUT2D eigenvalue weighted by atomic mass is 16.2. The molecule has 6 nitrogen and oxygen atoms in total. The van der Waals surface area contributed by atoms with Gasteiger partial charge in [-0.3, -0.25) is 14.4 Å². The third-order valence-corrected chi connectivity index (χ3v) is 2.86. The monoisotopic (exact) mass is 265 g/mol. The number of carbonyl (C=O) groups excluding carboxylic acids is 2. The van der Waals surface area contributed by atoms with E-state index in [-0.39, 0.29) is 29.5 Å². The number of rotatable bonds is 5. The smallest absolute Gasteiger partial charge is 0.254 e. The van der Waals surface area contributed by atoms with E-state index in [1.807, 2.05) is 13.8 Å². The Bertz CT molecular complexity index is 506. The standard InChI is InChI=1S/C13H19N3O3/c1-4-16(5-2)12(18)9-15(3)13(19)10-6-7-14-11(17)8-10/h6-8H,4-5,9H2,1-3H3,(H,14,17). The fourth-order valence-corrected chi connectivity index (χ4v) is 1.75. The van der Waals surface area contributed by atoms with Crippen LogP contribution in [0.4, 0.5) is 0 Å². The van der Waals surface area contributed by atoms with Gasteiger partial charge in [-0.05, 0) is 19.9 Å². The Morgan fingerprint density at radius 3 is 2.42 bits per heavy atom. The minimum Gasteiger partial charge on any atom is -0.342 e. The van der Waals surface area contributed by atoms with Gasteiger partial charge in [-0.25, -0.2) is 0 Å². The third-order valence-electron chi connectivity index (χ3n) is 2.86. The summed E-state index contributed by atoms with van der Waals surface area (Å²) in [5, 5.41) is 0. The van der Waals surface area contributed by atoms with Crippen molar-refractivity contribution >= 4 is 11.8 Å². The van der Waals surface area contributed by atoms with Crippen LogP contribution < -0.4 is 5.56 Å². The molecule has 0 saturated heterocycles. The average molecular weight is 265 g/mol. The van der Waals surface area contributed by atoms with Crippen molar-refractivity contribution in [3.05, 3.63) is 34.2 Å². The van der Waals surface area contributed by atoms with Crippen LogP contribution in [-0.4, -0.2) is 53.3 Å². The van der Waals surface area contributed by atoms with Gasteiger partial charge in [0, 0.05) is 38.0 Å². The van der Waals surface area contributed by atoms with Gasteiger partial charge in [0.25, 0.3) is 5.91 Å². The number of carbonyl (C=O) groups is 2. The molecule has 19 heavy (non-hydrogen) atoms. The van der Waals surface area contributed by atoms with E-state index in [4.69, 9.17) is 0 Å². The lowest BCUT2D eigenvalue weighted by molar-refractivity contribution is -0.131. The molecule has 1 aromatic rings. The average Bonchev–Trinajstić information content (AvgIpc) is 2.39. The summed E-state index contributed by atoms with van der Waals surface area (Å²) in [4.78, 5) is 40.5. The first kappa shape index (κ1) is 14.9. The van der Waals surface area contributed by atoms with E-state index >= 15 is 0 Å². The Hall–Kier alpha value is -2.11. The predicted octanol–water partition coefficient (Wildman–Crippen LogP) is 0.315. The number of nitrogens with zero attached hydrogens (tertiary/aromatic N) is 2. The molecule has 0 aliphatic rings. The number of likely N-dealkylation sites (N-methyl/N-ethyl adjacent to an activating group) is 2. The predicted molar refractivity (Wildman–Crippen MR) is 72.0 cm³/mol. The van der Waals surface area contributed by atoms with Gasteiger partial charge in [0.2, 0.25) is 11.5 Å². The number of amides is 2. The van der Waals surface area contributed by atoms with Gasteiger partial charge in [-0.1, -0.05) is 0 Å². The van der Waals surface area contributed by atoms with Crippen LogP contribution >= 0.6 is 0 Å². The molecule has 1 heterocycles. The summed E-state index contributed by atoms with van der Waals surface area (Å²) in [6, 6.07) is 2.74. The Labute approximate surface area is 112 Å². The molecule has 0 aliphatic carbocycles. The van der Waals surface area contributed by atoms with Gasteiger partial charge in [0.05, 0.1) is 6.54 Å². The van der Waals surface area contributed by atoms with Gasteiger partial charge >= 0.3 is 0 Å². The third kappa shape index (κ3) is 3.94. The van der Waals surface area contributed by atoms with E-state index in [0.717, 1.165) is 0 Å². The number of nitrogens with one attached hydrogen (secondary N) is 1. The van der Waals surface area contributed by atoms with Crippen molar-refractivity contribution in [3.8, 4) is 0 Å². The van der Waals surface area contributed by atoms with Gasteiger partial charge in [-0.15, -0.1) is 0 Å². The molecule has 0 radical (unpaired) electrons. The van der Waals surface area contributed by atoms with Gasteiger partial charge < -0.3 is 14.8 Å². The minimum atomic E-state index is -0.341. The largest absolute Gasteiger partial charge is 0.342 e. The van der Waals surface area contributed by atoms with Crippen molar-refractivity contribution in [2.75, 3.05) is 26.7 Å². The molecule has 104 valence electrons. The lowest BCUT2D eigenvalue weighted by Crippen LogP contribution is -2.41. The highest BCUT2D eigenvalue weighted by molar-refractivity contribution is 5.96. The summed E-state index contributed by atoms with van der Waals surface area (Å²) in [5.74, 6) is -0.447. The first-order chi connectivity index (χ1) is 8.99. The second-order valence-electron chi connectivity index (χ2n) is 4.17. The number of H-pyrrole nitrogens is 1. The first-order valence-corrected chi connectivity index (χ1v) is 6.21. The maximum atomic E-state index is 12.0. The number of pyridine rings is 1. The Morgan fingerprint density at radius 1 is 1.26 bits per heavy atom. The van der Waals surface area contributed by atoms with Crippen LogP contribution in [0.3, 0.4) is 0 Å². The lowest BCUT2D eigenvalue weighted by Gasteiger charge is -2.23. The molecular formula is C13H19N3O3. The molecule has 1 rings (SSSR count). The highest BCUT2D eigenvalue weighted by Crippen LogP contribution is 2.01. The van der Waals surface area contributed by atoms with Crippen LogP contribution in [0.5, 0.6) is 0 Å². The Kier molecular flexibility index (Phi) is 5.29. The summed E-state index contributed by atoms with van der Waals surface area (Å²) in [7, 11) is 1.55. The summed E-state index contributed by atoms with van der Waals surface area (Å²) in [5.41, 5.74) is -0.0621. The normalized spacial score (nSPS) is 10.1. The Morgan fingerprint density at radius 2 is 1.89 bits per heavy atom. The molecule has 6 heteroatoms. The molecule has 0 saturated carbocycles. The quantitative estimate of drug-likeness (QED) is 0.833. The fourth-order valence-electron chi connectivity index (χ4n) is 1.75. The minimum absolute atomic E-state index is 0.00725. The number of hydrogen-bond donors (Lipinski definition) is 1. The maximum Gasteiger partial charge on any atom is 0.254 e. The molecule has 0 spiro atoms. The van der Waals surface area contributed by atoms with Crippen LogP contribution in [0.15, 0.2) is 23.1 Å². The molecule has 0 unspecified atom stereocenters. The molecule has 0 aromatic carbocycles. The second-order valence-corrected chi connectivity index (χ2v) is 4.17. The van der Waals surface area contributed by atoms with Crippen LogP contribution in [0.2, 0.25) is 0 Å². The van der Waals surface area contributed by atoms with Crippen LogP contribution in [0.1, 0.15) is 24.2 Å². The molecule has 0 atom stereocenters. The van der Waals surface area contributed by atoms with Crippen LogP contribution in [-0.2, 0) is 4.79 Å². The van der Waals surface area contributed by atoms with Crippen LogP contribution in [0.25, 0.3) is 0 Å². The van der Waals surface area contributed by atoms with Crippen molar-refractivity contribution < 1.29 is 9.59 Å². The van der Waals surface area contributed by atoms with Gasteiger partial charge in [-0.2, -0.15) is 0 Å². The Balaban J connectivity index is 2.73. The van der Waals surface area contributed by atoms with E-state index in [1.54, 1.807) is 11.9 Å². The summed E-state index contributed by atoms with van der Waals surface area (Å²) in [6.07, 6.45) is 1.41. The van der Waals surface area contributed by atoms with Crippen molar-refractivity contribution in [2.24, 2.45) is 0 Å². The number of aromatic amines is 1. The SMILES string of the molecule is CCN(CC)C(=O)CN(C)C(=O)c1cc[nH]c(=O)c1. The van der Waals surface area contributed by atoms with E-state index in [9.17, 15) is 14.4 Å². The molecule has 0 bridgehead atoms. The highest BCUT2D eigenvalue weighted by Gasteiger charge is 2.17. The fraction of sp³-hybridized carbons (Fsp3) is 0.462. The maximum absolute atomic E-state index is 12.0. The molecular weight excluding hydrogens is 246 g/mol. The topological polar surface area (TPSA) is 73.5 Å². The van der Waals surface area contributed by atoms with Crippen molar-refractivity contribution in [1.29, 1.82) is 0 Å². The zero-order valence-electron chi connectivity index (χ0n) is 11.5. The molecule has 1 aromatic heterocycles. The van der Waals surface area contributed by atoms with E-state index in [2.05, 4.69) is 4.98 Å². The zero-order valence-corrected chi connectivity index (χ0v) is 11.5. The first-order valence-electron chi connectivity index (χ1n) is 6.21. The van der Waals surface area contributed by atoms with Crippen LogP contribution in [0, 0.1) is 0 Å². The van der Waals surface area contributed by atoms with E-state index in [0.29, 0.717) is 13.1 Å². The summed E-state index contributed by atoms with van der Waals surface area (Å²) >= 11 is 0. The van der Waals surface area contributed by atoms with Crippen molar-refractivity contribution in [2.45, 2.75) is 13.8 Å². The van der Waals surface area contributed by atoms with E-state index in [1.165, 1.54) is 23.2 Å². The van der Waals surface area contributed by atoms with Crippen molar-refractivity contribution in [3.63, 3.8) is 0 Å². The van der Waals surface area contributed by atoms with Gasteiger partial charge in [0.1, 0.15) is 0 Å². The molecule has 0 aliphatic heterocycles. The lowest BCUT2D eigenvalue weighted by atomic mass is 10.2. The molecule has 0 fully saturated rings. The summed E-state index contributed by atoms with van der Waals surface area (Å²) in [6.45, 7) is 5.01. The number of hydrogen-bond acceptors (Lipinski definition) is 3.